The minimum atomic E-state index is -0.574. The normalized spacial score (nSPS) is 15.4. The first-order valence-corrected chi connectivity index (χ1v) is 10.7. The molecule has 1 fully saturated rings. The standard InChI is InChI=1S/C24H30N4O3/c1-17(2)25-23(30)24(31)28-15-13-27(14-16-28)21(19-7-5-4-6-8-19)22(29)26-20-11-9-18(3)10-12-20/h4-12,17,21H,13-16H2,1-3H3,(H,25,30)(H,26,29)/p+1/t21-/m1/s1. The maximum Gasteiger partial charge on any atom is 0.312 e. The van der Waals surface area contributed by atoms with E-state index in [1.165, 1.54) is 0 Å². The van der Waals surface area contributed by atoms with Gasteiger partial charge in [-0.25, -0.2) is 0 Å². The number of carbonyl (C=O) groups is 3. The van der Waals surface area contributed by atoms with Crippen molar-refractivity contribution in [3.63, 3.8) is 0 Å². The van der Waals surface area contributed by atoms with Gasteiger partial charge in [-0.2, -0.15) is 0 Å². The third kappa shape index (κ3) is 5.92. The molecule has 0 bridgehead atoms. The summed E-state index contributed by atoms with van der Waals surface area (Å²) in [6.07, 6.45) is 0. The average Bonchev–Trinajstić information content (AvgIpc) is 2.76. The second-order valence-corrected chi connectivity index (χ2v) is 8.28. The first kappa shape index (κ1) is 22.5. The summed E-state index contributed by atoms with van der Waals surface area (Å²) in [5.74, 6) is -1.16. The number of nitrogens with one attached hydrogen (secondary N) is 3. The van der Waals surface area contributed by atoms with Crippen LogP contribution in [-0.4, -0.2) is 54.8 Å². The summed E-state index contributed by atoms with van der Waals surface area (Å²) in [7, 11) is 0. The van der Waals surface area contributed by atoms with Crippen LogP contribution in [0, 0.1) is 6.92 Å². The molecule has 0 saturated carbocycles. The van der Waals surface area contributed by atoms with Crippen molar-refractivity contribution in [1.29, 1.82) is 0 Å². The van der Waals surface area contributed by atoms with Gasteiger partial charge in [0.25, 0.3) is 5.91 Å². The third-order valence-corrected chi connectivity index (χ3v) is 5.43. The van der Waals surface area contributed by atoms with Gasteiger partial charge < -0.3 is 20.4 Å². The van der Waals surface area contributed by atoms with Crippen molar-refractivity contribution < 1.29 is 19.3 Å². The molecule has 3 rings (SSSR count). The first-order valence-electron chi connectivity index (χ1n) is 10.7. The van der Waals surface area contributed by atoms with Crippen LogP contribution in [0.5, 0.6) is 0 Å². The highest BCUT2D eigenvalue weighted by Crippen LogP contribution is 2.15. The Morgan fingerprint density at radius 2 is 1.55 bits per heavy atom. The molecule has 7 nitrogen and oxygen atoms in total. The van der Waals surface area contributed by atoms with E-state index in [2.05, 4.69) is 10.6 Å². The zero-order chi connectivity index (χ0) is 22.4. The van der Waals surface area contributed by atoms with Crippen LogP contribution < -0.4 is 15.5 Å². The molecule has 0 unspecified atom stereocenters. The lowest BCUT2D eigenvalue weighted by molar-refractivity contribution is -0.925. The van der Waals surface area contributed by atoms with Gasteiger partial charge in [0, 0.05) is 17.3 Å². The van der Waals surface area contributed by atoms with Gasteiger partial charge in [-0.15, -0.1) is 0 Å². The number of anilines is 1. The molecule has 164 valence electrons. The minimum absolute atomic E-state index is 0.0811. The molecule has 0 spiro atoms. The summed E-state index contributed by atoms with van der Waals surface area (Å²) < 4.78 is 0. The number of aryl methyl sites for hydroxylation is 1. The predicted octanol–water partition coefficient (Wildman–Crippen LogP) is 0.927. The highest BCUT2D eigenvalue weighted by Gasteiger charge is 2.36. The molecule has 2 aromatic rings. The van der Waals surface area contributed by atoms with Crippen molar-refractivity contribution in [3.05, 3.63) is 65.7 Å². The maximum atomic E-state index is 13.3. The average molecular weight is 424 g/mol. The van der Waals surface area contributed by atoms with Crippen LogP contribution in [0.25, 0.3) is 0 Å². The van der Waals surface area contributed by atoms with Crippen LogP contribution in [0.15, 0.2) is 54.6 Å². The van der Waals surface area contributed by atoms with E-state index < -0.39 is 17.9 Å². The lowest BCUT2D eigenvalue weighted by Gasteiger charge is -2.35. The smallest absolute Gasteiger partial charge is 0.312 e. The van der Waals surface area contributed by atoms with E-state index in [-0.39, 0.29) is 11.9 Å². The van der Waals surface area contributed by atoms with Gasteiger partial charge in [0.1, 0.15) is 0 Å². The number of piperazine rings is 1. The molecule has 0 aromatic heterocycles. The van der Waals surface area contributed by atoms with E-state index >= 15 is 0 Å². The van der Waals surface area contributed by atoms with E-state index in [9.17, 15) is 14.4 Å². The van der Waals surface area contributed by atoms with Crippen molar-refractivity contribution >= 4 is 23.4 Å². The molecular formula is C24H31N4O3+. The Morgan fingerprint density at radius 1 is 0.935 bits per heavy atom. The van der Waals surface area contributed by atoms with Crippen LogP contribution in [0.4, 0.5) is 5.69 Å². The van der Waals surface area contributed by atoms with Crippen LogP contribution in [0.1, 0.15) is 31.0 Å². The molecule has 7 heteroatoms. The number of hydrogen-bond acceptors (Lipinski definition) is 3. The second kappa shape index (κ2) is 10.2. The number of nitrogens with zero attached hydrogens (tertiary/aromatic N) is 1. The zero-order valence-corrected chi connectivity index (χ0v) is 18.4. The lowest BCUT2D eigenvalue weighted by Crippen LogP contribution is -3.16. The molecule has 1 saturated heterocycles. The SMILES string of the molecule is Cc1ccc(NC(=O)[C@@H](c2ccccc2)[NH+]2CCN(C(=O)C(=O)NC(C)C)CC2)cc1. The molecule has 1 aliphatic heterocycles. The molecule has 0 aliphatic carbocycles. The Kier molecular flexibility index (Phi) is 7.41. The Balaban J connectivity index is 1.71. The number of amides is 3. The monoisotopic (exact) mass is 423 g/mol. The number of benzene rings is 2. The van der Waals surface area contributed by atoms with E-state index in [0.717, 1.165) is 21.7 Å². The van der Waals surface area contributed by atoms with Gasteiger partial charge in [-0.05, 0) is 32.9 Å². The number of carbonyl (C=O) groups excluding carboxylic acids is 3. The number of hydrogen-bond donors (Lipinski definition) is 3. The molecule has 3 N–H and O–H groups in total. The fraction of sp³-hybridized carbons (Fsp3) is 0.375. The number of quaternary nitrogens is 1. The van der Waals surface area contributed by atoms with Crippen LogP contribution in [0.3, 0.4) is 0 Å². The molecule has 1 atom stereocenters. The molecule has 31 heavy (non-hydrogen) atoms. The van der Waals surface area contributed by atoms with E-state index in [1.807, 2.05) is 75.4 Å². The van der Waals surface area contributed by atoms with E-state index in [0.29, 0.717) is 26.2 Å². The summed E-state index contributed by atoms with van der Waals surface area (Å²) in [6, 6.07) is 16.9. The highest BCUT2D eigenvalue weighted by molar-refractivity contribution is 6.35. The highest BCUT2D eigenvalue weighted by atomic mass is 16.2. The van der Waals surface area contributed by atoms with E-state index in [4.69, 9.17) is 0 Å². The minimum Gasteiger partial charge on any atom is -0.346 e. The van der Waals surface area contributed by atoms with Gasteiger partial charge in [-0.3, -0.25) is 14.4 Å². The second-order valence-electron chi connectivity index (χ2n) is 8.28. The topological polar surface area (TPSA) is 83.0 Å². The van der Waals surface area contributed by atoms with Crippen molar-refractivity contribution in [1.82, 2.24) is 10.2 Å². The molecule has 3 amide bonds. The summed E-state index contributed by atoms with van der Waals surface area (Å²) in [5, 5.41) is 5.68. The summed E-state index contributed by atoms with van der Waals surface area (Å²) in [5.41, 5.74) is 2.82. The van der Waals surface area contributed by atoms with Gasteiger partial charge >= 0.3 is 11.8 Å². The van der Waals surface area contributed by atoms with Crippen molar-refractivity contribution in [2.24, 2.45) is 0 Å². The first-order chi connectivity index (χ1) is 14.8. The fourth-order valence-corrected chi connectivity index (χ4v) is 3.82. The van der Waals surface area contributed by atoms with Crippen LogP contribution >= 0.6 is 0 Å². The molecule has 1 heterocycles. The Bertz CT molecular complexity index is 904. The van der Waals surface area contributed by atoms with Gasteiger partial charge in [0.2, 0.25) is 0 Å². The lowest BCUT2D eigenvalue weighted by atomic mass is 10.0. The Labute approximate surface area is 183 Å². The third-order valence-electron chi connectivity index (χ3n) is 5.43. The molecule has 2 aromatic carbocycles. The zero-order valence-electron chi connectivity index (χ0n) is 18.4. The van der Waals surface area contributed by atoms with Crippen molar-refractivity contribution in [2.45, 2.75) is 32.9 Å². The largest absolute Gasteiger partial charge is 0.346 e. The van der Waals surface area contributed by atoms with Crippen molar-refractivity contribution in [3.8, 4) is 0 Å². The predicted molar refractivity (Wildman–Crippen MR) is 120 cm³/mol. The maximum absolute atomic E-state index is 13.3. The van der Waals surface area contributed by atoms with Gasteiger partial charge in [0.15, 0.2) is 6.04 Å². The van der Waals surface area contributed by atoms with Crippen molar-refractivity contribution in [2.75, 3.05) is 31.5 Å². The van der Waals surface area contributed by atoms with Crippen LogP contribution in [0.2, 0.25) is 0 Å². The quantitative estimate of drug-likeness (QED) is 0.626. The molecule has 0 radical (unpaired) electrons. The van der Waals surface area contributed by atoms with Crippen LogP contribution in [-0.2, 0) is 14.4 Å². The van der Waals surface area contributed by atoms with E-state index in [1.54, 1.807) is 4.90 Å². The summed E-state index contributed by atoms with van der Waals surface area (Å²) in [4.78, 5) is 40.4. The molecular weight excluding hydrogens is 392 g/mol. The van der Waals surface area contributed by atoms with Gasteiger partial charge in [-0.1, -0.05) is 48.0 Å². The molecule has 1 aliphatic rings. The number of rotatable bonds is 5. The Morgan fingerprint density at radius 3 is 2.13 bits per heavy atom. The Hall–Kier alpha value is -3.19. The summed E-state index contributed by atoms with van der Waals surface area (Å²) >= 11 is 0. The fourth-order valence-electron chi connectivity index (χ4n) is 3.82. The van der Waals surface area contributed by atoms with Gasteiger partial charge in [0.05, 0.1) is 26.2 Å². The summed E-state index contributed by atoms with van der Waals surface area (Å²) in [6.45, 7) is 7.68.